The van der Waals surface area contributed by atoms with Crippen LogP contribution in [-0.4, -0.2) is 47.4 Å². The molecule has 2 aromatic rings. The molecule has 2 N–H and O–H groups in total. The lowest BCUT2D eigenvalue weighted by molar-refractivity contribution is -0.141. The van der Waals surface area contributed by atoms with Gasteiger partial charge in [0.2, 0.25) is 0 Å². The summed E-state index contributed by atoms with van der Waals surface area (Å²) in [7, 11) is 1.38. The first-order valence-corrected chi connectivity index (χ1v) is 11.5. The first kappa shape index (κ1) is 23.4. The number of amides is 1. The maximum atomic E-state index is 12.8. The Morgan fingerprint density at radius 2 is 1.91 bits per heavy atom. The minimum absolute atomic E-state index is 0.0369. The van der Waals surface area contributed by atoms with E-state index in [9.17, 15) is 20.0 Å². The third kappa shape index (κ3) is 5.89. The lowest BCUT2D eigenvalue weighted by Crippen LogP contribution is -2.47. The number of hydrogen-bond donors (Lipinski definition) is 2. The fourth-order valence-corrected chi connectivity index (χ4v) is 4.80. The highest BCUT2D eigenvalue weighted by Crippen LogP contribution is 2.25. The van der Waals surface area contributed by atoms with Crippen molar-refractivity contribution in [3.05, 3.63) is 59.7 Å². The predicted octanol–water partition coefficient (Wildman–Crippen LogP) is 3.48. The number of nitrogens with zero attached hydrogens (tertiary/aromatic N) is 2. The summed E-state index contributed by atoms with van der Waals surface area (Å²) in [5.74, 6) is 0.211. The second-order valence-corrected chi connectivity index (χ2v) is 8.69. The Kier molecular flexibility index (Phi) is 8.28. The molecule has 1 saturated heterocycles. The van der Waals surface area contributed by atoms with Gasteiger partial charge in [-0.05, 0) is 47.1 Å². The van der Waals surface area contributed by atoms with Crippen LogP contribution in [0.1, 0.15) is 24.0 Å². The summed E-state index contributed by atoms with van der Waals surface area (Å²) in [6.45, 7) is 0. The molecule has 1 fully saturated rings. The first-order chi connectivity index (χ1) is 15.5. The van der Waals surface area contributed by atoms with Crippen LogP contribution in [0.4, 0.5) is 0 Å². The molecule has 0 bridgehead atoms. The van der Waals surface area contributed by atoms with Crippen LogP contribution in [-0.2, 0) is 20.8 Å². The van der Waals surface area contributed by atoms with Gasteiger partial charge in [-0.3, -0.25) is 4.79 Å². The van der Waals surface area contributed by atoms with Crippen molar-refractivity contribution in [1.29, 1.82) is 5.26 Å². The topological polar surface area (TPSA) is 112 Å². The number of aliphatic carboxylic acids is 1. The normalized spacial score (nSPS) is 15.4. The fourth-order valence-electron chi connectivity index (χ4n) is 3.69. The molecule has 3 rings (SSSR count). The Labute approximate surface area is 191 Å². The van der Waals surface area contributed by atoms with Gasteiger partial charge in [-0.1, -0.05) is 47.6 Å². The fraction of sp³-hybridized carbons (Fsp3) is 0.333. The maximum Gasteiger partial charge on any atom is 0.326 e. The number of benzene rings is 2. The zero-order valence-electron chi connectivity index (χ0n) is 17.8. The Morgan fingerprint density at radius 1 is 1.22 bits per heavy atom. The average molecular weight is 452 g/mol. The van der Waals surface area contributed by atoms with Crippen LogP contribution in [0.2, 0.25) is 0 Å². The number of carboxylic acids is 1. The van der Waals surface area contributed by atoms with E-state index >= 15 is 0 Å². The van der Waals surface area contributed by atoms with Crippen LogP contribution in [0, 0.1) is 17.2 Å². The van der Waals surface area contributed by atoms with Gasteiger partial charge >= 0.3 is 5.97 Å². The van der Waals surface area contributed by atoms with E-state index in [1.54, 1.807) is 6.07 Å². The highest BCUT2D eigenvalue weighted by atomic mass is 32.2. The molecule has 166 valence electrons. The van der Waals surface area contributed by atoms with Crippen LogP contribution in [0.25, 0.3) is 11.1 Å². The summed E-state index contributed by atoms with van der Waals surface area (Å²) in [5.41, 5.74) is 3.27. The van der Waals surface area contributed by atoms with Crippen LogP contribution in [0.15, 0.2) is 53.7 Å². The molecule has 0 spiro atoms. The van der Waals surface area contributed by atoms with Crippen molar-refractivity contribution in [2.45, 2.75) is 25.3 Å². The summed E-state index contributed by atoms with van der Waals surface area (Å²) < 4.78 is 0. The molecule has 1 aliphatic heterocycles. The highest BCUT2D eigenvalue weighted by molar-refractivity contribution is 7.99. The van der Waals surface area contributed by atoms with Crippen molar-refractivity contribution >= 4 is 29.4 Å². The quantitative estimate of drug-likeness (QED) is 0.469. The molecule has 1 amide bonds. The summed E-state index contributed by atoms with van der Waals surface area (Å²) in [6.07, 6.45) is 1.75. The van der Waals surface area contributed by atoms with Crippen LogP contribution >= 0.6 is 11.8 Å². The van der Waals surface area contributed by atoms with Crippen molar-refractivity contribution in [2.75, 3.05) is 18.6 Å². The Hall–Kier alpha value is -3.31. The molecule has 0 radical (unpaired) electrons. The van der Waals surface area contributed by atoms with Gasteiger partial charge in [0, 0.05) is 12.3 Å². The van der Waals surface area contributed by atoms with Crippen molar-refractivity contribution in [2.24, 2.45) is 11.1 Å². The number of nitriles is 1. The maximum absolute atomic E-state index is 12.8. The smallest absolute Gasteiger partial charge is 0.326 e. The predicted molar refractivity (Wildman–Crippen MR) is 124 cm³/mol. The Balaban J connectivity index is 1.72. The zero-order valence-corrected chi connectivity index (χ0v) is 18.6. The molecular formula is C24H25N3O4S. The van der Waals surface area contributed by atoms with E-state index in [0.717, 1.165) is 41.0 Å². The lowest BCUT2D eigenvalue weighted by Gasteiger charge is -2.23. The van der Waals surface area contributed by atoms with E-state index < -0.39 is 17.9 Å². The summed E-state index contributed by atoms with van der Waals surface area (Å²) >= 11 is 1.83. The van der Waals surface area contributed by atoms with Gasteiger partial charge in [0.25, 0.3) is 5.91 Å². The molecule has 0 aliphatic carbocycles. The molecule has 32 heavy (non-hydrogen) atoms. The third-order valence-corrected chi connectivity index (χ3v) is 6.43. The van der Waals surface area contributed by atoms with E-state index in [4.69, 9.17) is 4.84 Å². The number of rotatable bonds is 8. The number of thioether (sulfide) groups is 1. The largest absolute Gasteiger partial charge is 0.480 e. The molecule has 0 saturated carbocycles. The van der Waals surface area contributed by atoms with Crippen LogP contribution < -0.4 is 5.32 Å². The van der Waals surface area contributed by atoms with Crippen LogP contribution in [0.3, 0.4) is 0 Å². The van der Waals surface area contributed by atoms with E-state index in [0.29, 0.717) is 5.56 Å². The molecule has 0 aromatic heterocycles. The molecule has 2 aromatic carbocycles. The minimum atomic E-state index is -1.12. The van der Waals surface area contributed by atoms with Gasteiger partial charge in [-0.2, -0.15) is 17.0 Å². The number of oxime groups is 1. The molecule has 7 nitrogen and oxygen atoms in total. The van der Waals surface area contributed by atoms with Gasteiger partial charge in [-0.25, -0.2) is 4.79 Å². The Morgan fingerprint density at radius 3 is 2.53 bits per heavy atom. The molecule has 1 heterocycles. The number of carboxylic acid groups (broad SMARTS) is 1. The van der Waals surface area contributed by atoms with E-state index in [-0.39, 0.29) is 18.1 Å². The van der Waals surface area contributed by atoms with Gasteiger partial charge in [0.15, 0.2) is 0 Å². The van der Waals surface area contributed by atoms with Crippen molar-refractivity contribution < 1.29 is 19.5 Å². The minimum Gasteiger partial charge on any atom is -0.480 e. The van der Waals surface area contributed by atoms with Crippen molar-refractivity contribution in [3.63, 3.8) is 0 Å². The average Bonchev–Trinajstić information content (AvgIpc) is 2.83. The SMILES string of the molecule is CON=C(C(=O)N[C@@H](Cc1ccc(-c2ccccc2C#N)cc1)C(=O)O)C1CCSCC1. The van der Waals surface area contributed by atoms with Crippen molar-refractivity contribution in [3.8, 4) is 17.2 Å². The van der Waals surface area contributed by atoms with Crippen LogP contribution in [0.5, 0.6) is 0 Å². The monoisotopic (exact) mass is 451 g/mol. The zero-order chi connectivity index (χ0) is 22.9. The summed E-state index contributed by atoms with van der Waals surface area (Å²) in [6, 6.07) is 15.7. The van der Waals surface area contributed by atoms with Gasteiger partial charge in [0.05, 0.1) is 11.6 Å². The van der Waals surface area contributed by atoms with E-state index in [1.165, 1.54) is 7.11 Å². The van der Waals surface area contributed by atoms with Crippen molar-refractivity contribution in [1.82, 2.24) is 5.32 Å². The van der Waals surface area contributed by atoms with Gasteiger partial charge in [-0.15, -0.1) is 0 Å². The molecule has 8 heteroatoms. The molecule has 1 aliphatic rings. The summed E-state index contributed by atoms with van der Waals surface area (Å²) in [5, 5.41) is 25.5. The summed E-state index contributed by atoms with van der Waals surface area (Å²) in [4.78, 5) is 29.5. The number of hydrogen-bond acceptors (Lipinski definition) is 6. The highest BCUT2D eigenvalue weighted by Gasteiger charge is 2.29. The molecule has 0 unspecified atom stereocenters. The number of nitrogens with one attached hydrogen (secondary N) is 1. The number of carbonyl (C=O) groups excluding carboxylic acids is 1. The second kappa shape index (κ2) is 11.3. The Bertz CT molecular complexity index is 1020. The van der Waals surface area contributed by atoms with E-state index in [1.807, 2.05) is 54.2 Å². The van der Waals surface area contributed by atoms with E-state index in [2.05, 4.69) is 16.5 Å². The van der Waals surface area contributed by atoms with Gasteiger partial charge in [0.1, 0.15) is 18.9 Å². The molecular weight excluding hydrogens is 426 g/mol. The lowest BCUT2D eigenvalue weighted by atomic mass is 9.95. The molecule has 1 atom stereocenters. The second-order valence-electron chi connectivity index (χ2n) is 7.47. The number of carbonyl (C=O) groups is 2. The third-order valence-electron chi connectivity index (χ3n) is 5.39. The first-order valence-electron chi connectivity index (χ1n) is 10.3. The standard InChI is InChI=1S/C24H25N3O4S/c1-31-27-22(18-10-12-32-13-11-18)23(28)26-21(24(29)30)14-16-6-8-17(9-7-16)20-5-3-2-4-19(20)15-25/h2-9,18,21H,10-14H2,1H3,(H,26,28)(H,29,30)/t21-/m0/s1. The van der Waals surface area contributed by atoms with Gasteiger partial charge < -0.3 is 15.3 Å².